The number of hydrogen-bond acceptors (Lipinski definition) is 6. The van der Waals surface area contributed by atoms with Crippen molar-refractivity contribution in [2.24, 2.45) is 11.8 Å². The maximum Gasteiger partial charge on any atom is 0.312 e. The van der Waals surface area contributed by atoms with Gasteiger partial charge in [-0.1, -0.05) is 37.3 Å². The number of aryl methyl sites for hydroxylation is 2. The zero-order chi connectivity index (χ0) is 26.9. The van der Waals surface area contributed by atoms with Crippen LogP contribution in [0.2, 0.25) is 0 Å². The van der Waals surface area contributed by atoms with Gasteiger partial charge in [0, 0.05) is 12.2 Å². The molecule has 2 bridgehead atoms. The van der Waals surface area contributed by atoms with Crippen LogP contribution in [-0.2, 0) is 23.9 Å². The summed E-state index contributed by atoms with van der Waals surface area (Å²) in [5, 5.41) is 10.2. The van der Waals surface area contributed by atoms with Crippen LogP contribution in [0.1, 0.15) is 43.7 Å². The molecule has 0 saturated carbocycles. The lowest BCUT2D eigenvalue weighted by Crippen LogP contribution is -2.59. The van der Waals surface area contributed by atoms with Gasteiger partial charge in [-0.05, 0) is 50.7 Å². The molecule has 2 unspecified atom stereocenters. The minimum atomic E-state index is -1.15. The molecule has 0 radical (unpaired) electrons. The highest BCUT2D eigenvalue weighted by Gasteiger charge is 2.75. The molecule has 1 aromatic carbocycles. The number of aliphatic hydroxyl groups is 1. The summed E-state index contributed by atoms with van der Waals surface area (Å²) in [6.07, 6.45) is 4.85. The molecule has 3 aliphatic heterocycles. The van der Waals surface area contributed by atoms with Gasteiger partial charge >= 0.3 is 5.97 Å². The monoisotopic (exact) mass is 510 g/mol. The van der Waals surface area contributed by atoms with E-state index in [4.69, 9.17) is 9.47 Å². The third-order valence-electron chi connectivity index (χ3n) is 8.17. The molecule has 3 fully saturated rings. The van der Waals surface area contributed by atoms with Crippen molar-refractivity contribution in [1.82, 2.24) is 4.90 Å². The second-order valence-corrected chi connectivity index (χ2v) is 10.3. The number of benzene rings is 1. The first-order chi connectivity index (χ1) is 17.8. The van der Waals surface area contributed by atoms with Crippen LogP contribution in [0, 0.1) is 25.7 Å². The average molecular weight is 511 g/mol. The molecule has 0 aromatic heterocycles. The van der Waals surface area contributed by atoms with Gasteiger partial charge in [-0.2, -0.15) is 0 Å². The van der Waals surface area contributed by atoms with Crippen LogP contribution in [0.5, 0.6) is 0 Å². The van der Waals surface area contributed by atoms with Crippen LogP contribution in [0.4, 0.5) is 5.69 Å². The molecule has 2 amide bonds. The number of anilines is 1. The molecule has 1 spiro atoms. The number of carbonyl (C=O) groups is 3. The standard InChI is InChI=1S/C29H38N2O6/c1-6-9-16-36-28(35)22-21-13-14-29(37-21)23(22)26(33)31(20(8-3)17-32)25(29)27(34)30(15-7-2)24-18(4)11-10-12-19(24)5/h6-7,10-12,20-23,25,32H,1-2,8-9,13-17H2,3-5H3/t20-,21-,22+,23-,25?,29?/m0/s1. The maximum atomic E-state index is 14.5. The van der Waals surface area contributed by atoms with Crippen LogP contribution < -0.4 is 4.90 Å². The number of fused-ring (bicyclic) bond motifs is 1. The Morgan fingerprint density at radius 3 is 2.59 bits per heavy atom. The van der Waals surface area contributed by atoms with Gasteiger partial charge in [0.2, 0.25) is 5.91 Å². The first-order valence-electron chi connectivity index (χ1n) is 13.1. The summed E-state index contributed by atoms with van der Waals surface area (Å²) in [5.41, 5.74) is 1.47. The van der Waals surface area contributed by atoms with Crippen molar-refractivity contribution in [3.05, 3.63) is 54.6 Å². The Bertz CT molecular complexity index is 1060. The lowest BCUT2D eigenvalue weighted by molar-refractivity contribution is -0.155. The molecule has 4 rings (SSSR count). The van der Waals surface area contributed by atoms with Crippen molar-refractivity contribution in [3.63, 3.8) is 0 Å². The van der Waals surface area contributed by atoms with E-state index in [1.54, 1.807) is 17.1 Å². The average Bonchev–Trinajstić information content (AvgIpc) is 3.52. The maximum absolute atomic E-state index is 14.5. The van der Waals surface area contributed by atoms with Gasteiger partial charge in [0.1, 0.15) is 11.6 Å². The number of carbonyl (C=O) groups excluding carboxylic acids is 3. The van der Waals surface area contributed by atoms with Gasteiger partial charge in [-0.3, -0.25) is 14.4 Å². The Balaban J connectivity index is 1.80. The van der Waals surface area contributed by atoms with Crippen molar-refractivity contribution >= 4 is 23.5 Å². The van der Waals surface area contributed by atoms with E-state index in [0.717, 1.165) is 16.8 Å². The van der Waals surface area contributed by atoms with E-state index in [-0.39, 0.29) is 31.6 Å². The number of nitrogens with zero attached hydrogens (tertiary/aromatic N) is 2. The Hall–Kier alpha value is -2.97. The largest absolute Gasteiger partial charge is 0.465 e. The normalized spacial score (nSPS) is 28.6. The van der Waals surface area contributed by atoms with E-state index in [9.17, 15) is 19.5 Å². The highest BCUT2D eigenvalue weighted by atomic mass is 16.6. The van der Waals surface area contributed by atoms with E-state index in [1.165, 1.54) is 4.90 Å². The third kappa shape index (κ3) is 4.30. The van der Waals surface area contributed by atoms with Gasteiger partial charge in [0.05, 0.1) is 37.2 Å². The van der Waals surface area contributed by atoms with Crippen molar-refractivity contribution < 1.29 is 29.0 Å². The zero-order valence-electron chi connectivity index (χ0n) is 22.0. The highest BCUT2D eigenvalue weighted by molar-refractivity contribution is 6.05. The van der Waals surface area contributed by atoms with Crippen molar-refractivity contribution in [3.8, 4) is 0 Å². The Kier molecular flexibility index (Phi) is 7.90. The number of rotatable bonds is 11. The van der Waals surface area contributed by atoms with Crippen molar-refractivity contribution in [1.29, 1.82) is 0 Å². The van der Waals surface area contributed by atoms with E-state index >= 15 is 0 Å². The predicted octanol–water partition coefficient (Wildman–Crippen LogP) is 3.09. The first kappa shape index (κ1) is 27.1. The minimum absolute atomic E-state index is 0.180. The molecule has 8 heteroatoms. The van der Waals surface area contributed by atoms with Crippen LogP contribution in [0.3, 0.4) is 0 Å². The molecule has 0 aliphatic carbocycles. The predicted molar refractivity (Wildman–Crippen MR) is 140 cm³/mol. The number of ether oxygens (including phenoxy) is 2. The molecule has 6 atom stereocenters. The Morgan fingerprint density at radius 1 is 1.30 bits per heavy atom. The summed E-state index contributed by atoms with van der Waals surface area (Å²) in [6, 6.07) is 4.27. The van der Waals surface area contributed by atoms with Crippen LogP contribution >= 0.6 is 0 Å². The summed E-state index contributed by atoms with van der Waals surface area (Å²) in [6.45, 7) is 13.4. The number of amides is 2. The molecule has 200 valence electrons. The molecule has 3 saturated heterocycles. The molecule has 37 heavy (non-hydrogen) atoms. The van der Waals surface area contributed by atoms with Gasteiger partial charge in [-0.25, -0.2) is 0 Å². The Labute approximate surface area is 218 Å². The van der Waals surface area contributed by atoms with Crippen molar-refractivity contribution in [2.45, 2.75) is 70.2 Å². The fraction of sp³-hybridized carbons (Fsp3) is 0.552. The number of aliphatic hydroxyl groups excluding tert-OH is 1. The number of esters is 1. The molecule has 3 heterocycles. The molecule has 8 nitrogen and oxygen atoms in total. The minimum Gasteiger partial charge on any atom is -0.465 e. The molecule has 1 aromatic rings. The number of para-hydroxylation sites is 1. The lowest BCUT2D eigenvalue weighted by atomic mass is 9.70. The number of likely N-dealkylation sites (tertiary alicyclic amines) is 1. The molecule has 1 N–H and O–H groups in total. The highest BCUT2D eigenvalue weighted by Crippen LogP contribution is 2.59. The summed E-state index contributed by atoms with van der Waals surface area (Å²) in [7, 11) is 0. The quantitative estimate of drug-likeness (QED) is 0.279. The summed E-state index contributed by atoms with van der Waals surface area (Å²) >= 11 is 0. The fourth-order valence-corrected chi connectivity index (χ4v) is 6.58. The second-order valence-electron chi connectivity index (χ2n) is 10.3. The fourth-order valence-electron chi connectivity index (χ4n) is 6.58. The summed E-state index contributed by atoms with van der Waals surface area (Å²) < 4.78 is 12.0. The molecular weight excluding hydrogens is 472 g/mol. The zero-order valence-corrected chi connectivity index (χ0v) is 22.0. The topological polar surface area (TPSA) is 96.4 Å². The van der Waals surface area contributed by atoms with E-state index in [2.05, 4.69) is 13.2 Å². The summed E-state index contributed by atoms with van der Waals surface area (Å²) in [5.74, 6) is -2.71. The van der Waals surface area contributed by atoms with E-state index < -0.39 is 41.6 Å². The van der Waals surface area contributed by atoms with Crippen LogP contribution in [0.25, 0.3) is 0 Å². The molecule has 3 aliphatic rings. The van der Waals surface area contributed by atoms with Crippen LogP contribution in [-0.4, -0.2) is 71.3 Å². The third-order valence-corrected chi connectivity index (χ3v) is 8.17. The lowest BCUT2D eigenvalue weighted by Gasteiger charge is -2.39. The van der Waals surface area contributed by atoms with Gasteiger partial charge < -0.3 is 24.4 Å². The van der Waals surface area contributed by atoms with Gasteiger partial charge in [0.25, 0.3) is 5.91 Å². The van der Waals surface area contributed by atoms with Gasteiger partial charge in [0.15, 0.2) is 0 Å². The smallest absolute Gasteiger partial charge is 0.312 e. The van der Waals surface area contributed by atoms with Gasteiger partial charge in [-0.15, -0.1) is 13.2 Å². The van der Waals surface area contributed by atoms with Crippen molar-refractivity contribution in [2.75, 3.05) is 24.7 Å². The second kappa shape index (κ2) is 10.8. The van der Waals surface area contributed by atoms with Crippen LogP contribution in [0.15, 0.2) is 43.5 Å². The SMILES string of the molecule is C=CCCOC(=O)[C@@H]1[C@@H]2CCC3(O2)C(C(=O)N(CC=C)c2c(C)cccc2C)N([C@@H](CC)CO)C(=O)[C@H]13. The Morgan fingerprint density at radius 2 is 2.00 bits per heavy atom. The molecular formula is C29H38N2O6. The van der Waals surface area contributed by atoms with E-state index in [0.29, 0.717) is 25.7 Å². The number of hydrogen-bond donors (Lipinski definition) is 1. The van der Waals surface area contributed by atoms with E-state index in [1.807, 2.05) is 39.0 Å². The summed E-state index contributed by atoms with van der Waals surface area (Å²) in [4.78, 5) is 44.9. The first-order valence-corrected chi connectivity index (χ1v) is 13.1.